The molecular weight excluding hydrogens is 330 g/mol. The molecule has 132 valence electrons. The normalized spacial score (nSPS) is 21.8. The molecule has 0 N–H and O–H groups in total. The molecule has 1 aliphatic heterocycles. The molecule has 4 heteroatoms. The van der Waals surface area contributed by atoms with Gasteiger partial charge in [0.05, 0.1) is 7.11 Å². The lowest BCUT2D eigenvalue weighted by molar-refractivity contribution is -0.147. The van der Waals surface area contributed by atoms with E-state index in [9.17, 15) is 4.79 Å². The number of ether oxygens (including phenoxy) is 1. The summed E-state index contributed by atoms with van der Waals surface area (Å²) in [7, 11) is 1.49. The van der Waals surface area contributed by atoms with Crippen molar-refractivity contribution in [1.82, 2.24) is 4.90 Å². The van der Waals surface area contributed by atoms with Crippen LogP contribution in [0.2, 0.25) is 0 Å². The third-order valence-corrected chi connectivity index (χ3v) is 6.19. The molecule has 0 spiro atoms. The Bertz CT molecular complexity index is 677. The van der Waals surface area contributed by atoms with Crippen LogP contribution in [0.15, 0.2) is 65.6 Å². The molecule has 0 bridgehead atoms. The number of hydrogen-bond donors (Lipinski definition) is 0. The molecule has 3 atom stereocenters. The summed E-state index contributed by atoms with van der Waals surface area (Å²) in [4.78, 5) is 16.1. The number of carbonyl (C=O) groups excluding carboxylic acids is 1. The van der Waals surface area contributed by atoms with Gasteiger partial charge in [-0.05, 0) is 43.5 Å². The van der Waals surface area contributed by atoms with Gasteiger partial charge >= 0.3 is 5.97 Å². The molecule has 3 nitrogen and oxygen atoms in total. The van der Waals surface area contributed by atoms with Gasteiger partial charge in [-0.15, -0.1) is 11.8 Å². The molecule has 0 saturated carbocycles. The zero-order valence-corrected chi connectivity index (χ0v) is 15.6. The summed E-state index contributed by atoms with van der Waals surface area (Å²) in [5, 5.41) is 0. The lowest BCUT2D eigenvalue weighted by Crippen LogP contribution is -2.42. The predicted octanol–water partition coefficient (Wildman–Crippen LogP) is 4.40. The van der Waals surface area contributed by atoms with Crippen LogP contribution in [0.4, 0.5) is 0 Å². The van der Waals surface area contributed by atoms with Crippen molar-refractivity contribution in [2.45, 2.75) is 30.3 Å². The Hall–Kier alpha value is -1.78. The van der Waals surface area contributed by atoms with E-state index in [4.69, 9.17) is 4.74 Å². The van der Waals surface area contributed by atoms with Crippen molar-refractivity contribution in [1.29, 1.82) is 0 Å². The lowest BCUT2D eigenvalue weighted by atomic mass is 10.0. The number of esters is 1. The Morgan fingerprint density at radius 3 is 2.44 bits per heavy atom. The minimum absolute atomic E-state index is 0.112. The third kappa shape index (κ3) is 4.25. The first kappa shape index (κ1) is 18.0. The standard InChI is InChI=1S/C21H25NO2S/c1-16(17-9-5-3-6-10-17)22-14-13-18(20(22)21(23)24-2)15-25-19-11-7-4-8-12-19/h3-12,16,18,20H,13-15H2,1-2H3/t16-,18-,20-/m1/s1. The summed E-state index contributed by atoms with van der Waals surface area (Å²) in [5.74, 6) is 1.13. The zero-order chi connectivity index (χ0) is 17.6. The quantitative estimate of drug-likeness (QED) is 0.567. The van der Waals surface area contributed by atoms with Crippen LogP contribution in [-0.4, -0.2) is 36.3 Å². The van der Waals surface area contributed by atoms with Crippen LogP contribution < -0.4 is 0 Å². The Kier molecular flexibility index (Phi) is 6.16. The predicted molar refractivity (Wildman–Crippen MR) is 103 cm³/mol. The van der Waals surface area contributed by atoms with Crippen molar-refractivity contribution in [2.75, 3.05) is 19.4 Å². The highest BCUT2D eigenvalue weighted by atomic mass is 32.2. The second-order valence-electron chi connectivity index (χ2n) is 6.47. The SMILES string of the molecule is COC(=O)[C@H]1[C@@H](CSc2ccccc2)CCN1[C@H](C)c1ccccc1. The molecule has 0 amide bonds. The average Bonchev–Trinajstić information content (AvgIpc) is 3.10. The Morgan fingerprint density at radius 1 is 1.16 bits per heavy atom. The number of hydrogen-bond acceptors (Lipinski definition) is 4. The molecule has 0 unspecified atom stereocenters. The van der Waals surface area contributed by atoms with Crippen LogP contribution in [0.25, 0.3) is 0 Å². The third-order valence-electron chi connectivity index (χ3n) is 4.99. The number of rotatable bonds is 6. The number of thioether (sulfide) groups is 1. The number of methoxy groups -OCH3 is 1. The van der Waals surface area contributed by atoms with E-state index in [-0.39, 0.29) is 18.1 Å². The Morgan fingerprint density at radius 2 is 1.80 bits per heavy atom. The second kappa shape index (κ2) is 8.54. The fourth-order valence-corrected chi connectivity index (χ4v) is 4.69. The van der Waals surface area contributed by atoms with E-state index < -0.39 is 0 Å². The van der Waals surface area contributed by atoms with Crippen LogP contribution >= 0.6 is 11.8 Å². The van der Waals surface area contributed by atoms with Gasteiger partial charge in [0.1, 0.15) is 6.04 Å². The fourth-order valence-electron chi connectivity index (χ4n) is 3.58. The van der Waals surface area contributed by atoms with Crippen molar-refractivity contribution in [3.63, 3.8) is 0 Å². The summed E-state index contributed by atoms with van der Waals surface area (Å²) in [6.07, 6.45) is 1.02. The Balaban J connectivity index is 1.73. The second-order valence-corrected chi connectivity index (χ2v) is 7.56. The van der Waals surface area contributed by atoms with E-state index >= 15 is 0 Å². The van der Waals surface area contributed by atoms with Gasteiger partial charge in [-0.3, -0.25) is 9.69 Å². The van der Waals surface area contributed by atoms with Gasteiger partial charge in [-0.25, -0.2) is 0 Å². The van der Waals surface area contributed by atoms with Crippen LogP contribution in [0.3, 0.4) is 0 Å². The molecule has 2 aromatic rings. The highest BCUT2D eigenvalue weighted by Crippen LogP contribution is 2.36. The molecule has 1 saturated heterocycles. The van der Waals surface area contributed by atoms with Gasteiger partial charge in [-0.1, -0.05) is 48.5 Å². The zero-order valence-electron chi connectivity index (χ0n) is 14.8. The van der Waals surface area contributed by atoms with E-state index in [0.717, 1.165) is 18.7 Å². The number of benzene rings is 2. The van der Waals surface area contributed by atoms with E-state index in [1.54, 1.807) is 0 Å². The Labute approximate surface area is 154 Å². The molecule has 25 heavy (non-hydrogen) atoms. The number of likely N-dealkylation sites (tertiary alicyclic amines) is 1. The van der Waals surface area contributed by atoms with E-state index in [1.807, 2.05) is 23.9 Å². The summed E-state index contributed by atoms with van der Waals surface area (Å²) in [5.41, 5.74) is 1.24. The highest BCUT2D eigenvalue weighted by Gasteiger charge is 2.42. The number of carbonyl (C=O) groups is 1. The van der Waals surface area contributed by atoms with Crippen molar-refractivity contribution >= 4 is 17.7 Å². The van der Waals surface area contributed by atoms with Gasteiger partial charge in [0.25, 0.3) is 0 Å². The molecular formula is C21H25NO2S. The molecule has 0 radical (unpaired) electrons. The van der Waals surface area contributed by atoms with Crippen molar-refractivity contribution in [2.24, 2.45) is 5.92 Å². The van der Waals surface area contributed by atoms with Crippen molar-refractivity contribution in [3.8, 4) is 0 Å². The molecule has 0 aliphatic carbocycles. The summed E-state index contributed by atoms with van der Waals surface area (Å²) in [6.45, 7) is 3.10. The van der Waals surface area contributed by atoms with Crippen LogP contribution in [0.1, 0.15) is 24.9 Å². The summed E-state index contributed by atoms with van der Waals surface area (Å²) in [6, 6.07) is 20.8. The molecule has 1 aliphatic rings. The van der Waals surface area contributed by atoms with Crippen LogP contribution in [-0.2, 0) is 9.53 Å². The largest absolute Gasteiger partial charge is 0.468 e. The first-order valence-corrected chi connectivity index (χ1v) is 9.75. The minimum Gasteiger partial charge on any atom is -0.468 e. The van der Waals surface area contributed by atoms with E-state index in [0.29, 0.717) is 5.92 Å². The molecule has 1 heterocycles. The van der Waals surface area contributed by atoms with Crippen LogP contribution in [0.5, 0.6) is 0 Å². The topological polar surface area (TPSA) is 29.5 Å². The summed E-state index contributed by atoms with van der Waals surface area (Å²) < 4.78 is 5.14. The smallest absolute Gasteiger partial charge is 0.323 e. The van der Waals surface area contributed by atoms with Crippen molar-refractivity contribution in [3.05, 3.63) is 66.2 Å². The maximum Gasteiger partial charge on any atom is 0.323 e. The maximum atomic E-state index is 12.5. The highest BCUT2D eigenvalue weighted by molar-refractivity contribution is 7.99. The van der Waals surface area contributed by atoms with Crippen molar-refractivity contribution < 1.29 is 9.53 Å². The molecule has 2 aromatic carbocycles. The molecule has 3 rings (SSSR count). The summed E-state index contributed by atoms with van der Waals surface area (Å²) >= 11 is 1.82. The lowest BCUT2D eigenvalue weighted by Gasteiger charge is -2.31. The molecule has 0 aromatic heterocycles. The monoisotopic (exact) mass is 355 g/mol. The van der Waals surface area contributed by atoms with Crippen LogP contribution in [0, 0.1) is 5.92 Å². The minimum atomic E-state index is -0.170. The van der Waals surface area contributed by atoms with Gasteiger partial charge < -0.3 is 4.74 Å². The van der Waals surface area contributed by atoms with Gasteiger partial charge in [0, 0.05) is 16.7 Å². The first-order chi connectivity index (χ1) is 12.2. The van der Waals surface area contributed by atoms with Gasteiger partial charge in [-0.2, -0.15) is 0 Å². The molecule has 1 fully saturated rings. The maximum absolute atomic E-state index is 12.5. The first-order valence-electron chi connectivity index (χ1n) is 8.77. The van der Waals surface area contributed by atoms with E-state index in [1.165, 1.54) is 17.6 Å². The van der Waals surface area contributed by atoms with E-state index in [2.05, 4.69) is 60.4 Å². The number of nitrogens with zero attached hydrogens (tertiary/aromatic N) is 1. The fraction of sp³-hybridized carbons (Fsp3) is 0.381. The van der Waals surface area contributed by atoms with Gasteiger partial charge in [0.2, 0.25) is 0 Å². The average molecular weight is 356 g/mol. The van der Waals surface area contributed by atoms with Gasteiger partial charge in [0.15, 0.2) is 0 Å².